The number of phenols is 1. The Morgan fingerprint density at radius 2 is 2.08 bits per heavy atom. The van der Waals surface area contributed by atoms with Gasteiger partial charge in [-0.05, 0) is 31.0 Å². The number of benzene rings is 1. The second-order valence-corrected chi connectivity index (χ2v) is 3.28. The fraction of sp³-hybridized carbons (Fsp3) is 0.273. The predicted molar refractivity (Wildman–Crippen MR) is 54.7 cm³/mol. The molecule has 3 N–H and O–H groups in total. The van der Waals surface area contributed by atoms with Crippen LogP contribution in [0.2, 0.25) is 0 Å². The van der Waals surface area contributed by atoms with Crippen LogP contribution in [-0.4, -0.2) is 5.11 Å². The molecule has 0 heterocycles. The maximum atomic E-state index is 9.65. The zero-order chi connectivity index (χ0) is 10.0. The smallest absolute Gasteiger partial charge is 0.121 e. The van der Waals surface area contributed by atoms with Gasteiger partial charge in [-0.3, -0.25) is 0 Å². The van der Waals surface area contributed by atoms with Gasteiger partial charge in [0.2, 0.25) is 0 Å². The molecule has 0 unspecified atom stereocenters. The normalized spacial score (nSPS) is 12.5. The summed E-state index contributed by atoms with van der Waals surface area (Å²) in [4.78, 5) is 0. The van der Waals surface area contributed by atoms with E-state index in [2.05, 4.69) is 6.58 Å². The number of hydrogen-bond donors (Lipinski definition) is 2. The average Bonchev–Trinajstić information content (AvgIpc) is 2.02. The average molecular weight is 177 g/mol. The Kier molecular flexibility index (Phi) is 2.73. The molecule has 0 saturated carbocycles. The molecular weight excluding hydrogens is 162 g/mol. The number of phenolic OH excluding ortho intramolecular Hbond substituents is 1. The lowest BCUT2D eigenvalue weighted by Gasteiger charge is -2.13. The van der Waals surface area contributed by atoms with Crippen molar-refractivity contribution in [1.82, 2.24) is 0 Å². The van der Waals surface area contributed by atoms with Crippen LogP contribution in [0, 0.1) is 13.8 Å². The predicted octanol–water partition coefficient (Wildman–Crippen LogP) is 2.19. The Labute approximate surface area is 78.7 Å². The Morgan fingerprint density at radius 3 is 2.54 bits per heavy atom. The van der Waals surface area contributed by atoms with E-state index in [1.807, 2.05) is 19.9 Å². The summed E-state index contributed by atoms with van der Waals surface area (Å²) in [6, 6.07) is 3.42. The van der Waals surface area contributed by atoms with Crippen molar-refractivity contribution < 1.29 is 5.11 Å². The van der Waals surface area contributed by atoms with Crippen molar-refractivity contribution in [2.45, 2.75) is 19.9 Å². The van der Waals surface area contributed by atoms with Crippen LogP contribution in [0.4, 0.5) is 0 Å². The highest BCUT2D eigenvalue weighted by Crippen LogP contribution is 2.28. The van der Waals surface area contributed by atoms with Crippen LogP contribution in [-0.2, 0) is 0 Å². The molecule has 0 aromatic heterocycles. The van der Waals surface area contributed by atoms with Crippen LogP contribution in [0.15, 0.2) is 24.8 Å². The van der Waals surface area contributed by atoms with Gasteiger partial charge in [0.15, 0.2) is 0 Å². The molecule has 0 radical (unpaired) electrons. The van der Waals surface area contributed by atoms with Gasteiger partial charge in [-0.2, -0.15) is 0 Å². The second kappa shape index (κ2) is 3.62. The van der Waals surface area contributed by atoms with E-state index in [1.165, 1.54) is 0 Å². The fourth-order valence-electron chi connectivity index (χ4n) is 1.51. The van der Waals surface area contributed by atoms with Gasteiger partial charge < -0.3 is 10.8 Å². The first-order valence-corrected chi connectivity index (χ1v) is 4.24. The lowest BCUT2D eigenvalue weighted by Crippen LogP contribution is -2.08. The molecule has 13 heavy (non-hydrogen) atoms. The van der Waals surface area contributed by atoms with Crippen LogP contribution < -0.4 is 5.73 Å². The molecule has 70 valence electrons. The highest BCUT2D eigenvalue weighted by Gasteiger charge is 2.10. The van der Waals surface area contributed by atoms with Gasteiger partial charge >= 0.3 is 0 Å². The van der Waals surface area contributed by atoms with Crippen LogP contribution in [0.3, 0.4) is 0 Å². The molecule has 0 saturated heterocycles. The van der Waals surface area contributed by atoms with Crippen LogP contribution in [0.5, 0.6) is 5.75 Å². The molecular formula is C11H15NO. The summed E-state index contributed by atoms with van der Waals surface area (Å²) in [6.07, 6.45) is 1.62. The zero-order valence-corrected chi connectivity index (χ0v) is 8.04. The number of rotatable bonds is 2. The molecule has 1 aromatic carbocycles. The van der Waals surface area contributed by atoms with E-state index in [1.54, 1.807) is 12.1 Å². The summed E-state index contributed by atoms with van der Waals surface area (Å²) in [5.74, 6) is 0.255. The van der Waals surface area contributed by atoms with Crippen LogP contribution in [0.25, 0.3) is 0 Å². The lowest BCUT2D eigenvalue weighted by molar-refractivity contribution is 0.464. The molecule has 1 aromatic rings. The van der Waals surface area contributed by atoms with Gasteiger partial charge in [-0.25, -0.2) is 0 Å². The van der Waals surface area contributed by atoms with Crippen molar-refractivity contribution in [3.8, 4) is 5.75 Å². The summed E-state index contributed by atoms with van der Waals surface area (Å²) in [5.41, 5.74) is 8.57. The Bertz CT molecular complexity index is 308. The molecule has 0 aliphatic rings. The minimum absolute atomic E-state index is 0.255. The topological polar surface area (TPSA) is 46.2 Å². The molecule has 0 aliphatic heterocycles. The van der Waals surface area contributed by atoms with Gasteiger partial charge in [0, 0.05) is 5.56 Å². The lowest BCUT2D eigenvalue weighted by atomic mass is 9.98. The Hall–Kier alpha value is -1.28. The third kappa shape index (κ3) is 1.90. The van der Waals surface area contributed by atoms with Crippen molar-refractivity contribution in [1.29, 1.82) is 0 Å². The second-order valence-electron chi connectivity index (χ2n) is 3.28. The first kappa shape index (κ1) is 9.81. The maximum absolute atomic E-state index is 9.65. The van der Waals surface area contributed by atoms with Crippen molar-refractivity contribution in [2.24, 2.45) is 5.73 Å². The molecule has 0 aliphatic carbocycles. The Morgan fingerprint density at radius 1 is 1.46 bits per heavy atom. The van der Waals surface area contributed by atoms with Gasteiger partial charge in [0.1, 0.15) is 5.75 Å². The van der Waals surface area contributed by atoms with E-state index >= 15 is 0 Å². The van der Waals surface area contributed by atoms with E-state index in [0.29, 0.717) is 0 Å². The highest BCUT2D eigenvalue weighted by atomic mass is 16.3. The summed E-state index contributed by atoms with van der Waals surface area (Å²) in [6.45, 7) is 7.48. The SMILES string of the molecule is C=C[C@@H](N)c1c(C)cc(C)cc1O. The first-order valence-electron chi connectivity index (χ1n) is 4.24. The number of nitrogens with two attached hydrogens (primary N) is 1. The molecule has 2 heteroatoms. The first-order chi connectivity index (χ1) is 6.06. The quantitative estimate of drug-likeness (QED) is 0.680. The van der Waals surface area contributed by atoms with E-state index in [-0.39, 0.29) is 11.8 Å². The molecule has 0 amide bonds. The third-order valence-corrected chi connectivity index (χ3v) is 2.10. The molecule has 1 rings (SSSR count). The fourth-order valence-corrected chi connectivity index (χ4v) is 1.51. The van der Waals surface area contributed by atoms with Crippen LogP contribution in [0.1, 0.15) is 22.7 Å². The minimum atomic E-state index is -0.291. The molecule has 1 atom stereocenters. The van der Waals surface area contributed by atoms with E-state index in [0.717, 1.165) is 16.7 Å². The minimum Gasteiger partial charge on any atom is -0.508 e. The third-order valence-electron chi connectivity index (χ3n) is 2.10. The standard InChI is InChI=1S/C11H15NO/c1-4-9(12)11-8(3)5-7(2)6-10(11)13/h4-6,9,13H,1,12H2,2-3H3/t9-/m1/s1. The number of aromatic hydroxyl groups is 1. The largest absolute Gasteiger partial charge is 0.508 e. The van der Waals surface area contributed by atoms with Gasteiger partial charge in [-0.15, -0.1) is 6.58 Å². The van der Waals surface area contributed by atoms with Gasteiger partial charge in [0.25, 0.3) is 0 Å². The summed E-state index contributed by atoms with van der Waals surface area (Å²) >= 11 is 0. The van der Waals surface area contributed by atoms with E-state index < -0.39 is 0 Å². The highest BCUT2D eigenvalue weighted by molar-refractivity contribution is 5.45. The van der Waals surface area contributed by atoms with E-state index in [9.17, 15) is 5.11 Å². The maximum Gasteiger partial charge on any atom is 0.121 e. The van der Waals surface area contributed by atoms with Crippen molar-refractivity contribution in [3.05, 3.63) is 41.5 Å². The van der Waals surface area contributed by atoms with Gasteiger partial charge in [0.05, 0.1) is 6.04 Å². The van der Waals surface area contributed by atoms with Crippen molar-refractivity contribution in [2.75, 3.05) is 0 Å². The number of hydrogen-bond acceptors (Lipinski definition) is 2. The van der Waals surface area contributed by atoms with E-state index in [4.69, 9.17) is 5.73 Å². The monoisotopic (exact) mass is 177 g/mol. The van der Waals surface area contributed by atoms with Crippen molar-refractivity contribution in [3.63, 3.8) is 0 Å². The molecule has 0 fully saturated rings. The molecule has 0 spiro atoms. The molecule has 0 bridgehead atoms. The van der Waals surface area contributed by atoms with Crippen LogP contribution >= 0.6 is 0 Å². The zero-order valence-electron chi connectivity index (χ0n) is 8.04. The Balaban J connectivity index is 3.28. The summed E-state index contributed by atoms with van der Waals surface area (Å²) < 4.78 is 0. The van der Waals surface area contributed by atoms with Gasteiger partial charge in [-0.1, -0.05) is 12.1 Å². The van der Waals surface area contributed by atoms with Crippen molar-refractivity contribution >= 4 is 0 Å². The summed E-state index contributed by atoms with van der Waals surface area (Å²) in [7, 11) is 0. The summed E-state index contributed by atoms with van der Waals surface area (Å²) in [5, 5.41) is 9.65. The number of aryl methyl sites for hydroxylation is 2. The molecule has 2 nitrogen and oxygen atoms in total.